The second kappa shape index (κ2) is 20.2. The first kappa shape index (κ1) is 39.0. The SMILES string of the molecule is CCCCCC/C(N)=C(\CN)C(=Nc1ccc(Cl)cc1Cl)c1ccc(C#Cc2ccc(C(F)(F)F)cc2)s1.SNC1CCCCCC1. The van der Waals surface area contributed by atoms with Gasteiger partial charge in [0.15, 0.2) is 0 Å². The fourth-order valence-electron chi connectivity index (χ4n) is 5.05. The van der Waals surface area contributed by atoms with Crippen LogP contribution in [0, 0.1) is 11.8 Å². The summed E-state index contributed by atoms with van der Waals surface area (Å²) in [5.41, 5.74) is 15.0. The van der Waals surface area contributed by atoms with Gasteiger partial charge in [0.1, 0.15) is 0 Å². The first-order chi connectivity index (χ1) is 22.5. The van der Waals surface area contributed by atoms with Crippen LogP contribution in [0.15, 0.2) is 70.9 Å². The lowest BCUT2D eigenvalue weighted by Crippen LogP contribution is -2.19. The lowest BCUT2D eigenvalue weighted by atomic mass is 10.0. The predicted molar refractivity (Wildman–Crippen MR) is 197 cm³/mol. The number of thiophene rings is 1. The lowest BCUT2D eigenvalue weighted by Gasteiger charge is -2.13. The lowest BCUT2D eigenvalue weighted by molar-refractivity contribution is -0.137. The van der Waals surface area contributed by atoms with Crippen LogP contribution in [0.1, 0.15) is 98.4 Å². The molecule has 5 N–H and O–H groups in total. The van der Waals surface area contributed by atoms with Crippen molar-refractivity contribution in [3.8, 4) is 11.8 Å². The van der Waals surface area contributed by atoms with Crippen molar-refractivity contribution < 1.29 is 13.2 Å². The number of aliphatic imine (C=N–C) groups is 1. The smallest absolute Gasteiger partial charge is 0.402 e. The summed E-state index contributed by atoms with van der Waals surface area (Å²) in [5.74, 6) is 5.94. The number of unbranched alkanes of at least 4 members (excludes halogenated alkanes) is 3. The Balaban J connectivity index is 0.000000573. The highest BCUT2D eigenvalue weighted by molar-refractivity contribution is 7.78. The molecule has 0 saturated heterocycles. The second-order valence-electron chi connectivity index (χ2n) is 11.4. The molecule has 0 atom stereocenters. The standard InChI is InChI=1S/C29H28Cl2F3N3S.C7H15NS/c1-2-3-4-5-6-25(36)23(18-35)28(37-26-15-12-21(30)17-24(26)31)27-16-14-22(38-27)13-9-19-7-10-20(11-8-19)29(32,33)34;9-8-7-5-3-1-2-4-6-7/h7-8,10-12,14-17H,2-6,18,35-36H2,1H3;7-9H,1-6H2/b25-23-,37-28?;. The molecule has 4 nitrogen and oxygen atoms in total. The van der Waals surface area contributed by atoms with Crippen molar-refractivity contribution in [3.63, 3.8) is 0 Å². The van der Waals surface area contributed by atoms with E-state index in [4.69, 9.17) is 39.7 Å². The Bertz CT molecular complexity index is 1530. The highest BCUT2D eigenvalue weighted by atomic mass is 35.5. The summed E-state index contributed by atoms with van der Waals surface area (Å²) >= 11 is 17.9. The van der Waals surface area contributed by atoms with Crippen LogP contribution >= 0.6 is 47.4 Å². The third-order valence-electron chi connectivity index (χ3n) is 7.74. The maximum Gasteiger partial charge on any atom is 0.416 e. The molecule has 1 aliphatic carbocycles. The third-order valence-corrected chi connectivity index (χ3v) is 9.65. The number of allylic oxidation sites excluding steroid dienone is 1. The number of nitrogens with two attached hydrogens (primary N) is 2. The molecular weight excluding hydrogens is 680 g/mol. The van der Waals surface area contributed by atoms with E-state index in [0.29, 0.717) is 50.0 Å². The summed E-state index contributed by atoms with van der Waals surface area (Å²) in [5, 5.41) is 0.893. The molecule has 3 aromatic rings. The van der Waals surface area contributed by atoms with Crippen LogP contribution in [0.4, 0.5) is 18.9 Å². The van der Waals surface area contributed by atoms with Crippen LogP contribution < -0.4 is 16.2 Å². The quantitative estimate of drug-likeness (QED) is 0.0553. The minimum absolute atomic E-state index is 0.189. The molecule has 254 valence electrons. The van der Waals surface area contributed by atoms with E-state index in [1.54, 1.807) is 18.2 Å². The van der Waals surface area contributed by atoms with Gasteiger partial charge in [-0.2, -0.15) is 13.2 Å². The molecule has 0 amide bonds. The molecule has 1 saturated carbocycles. The first-order valence-corrected chi connectivity index (χ1v) is 18.0. The van der Waals surface area contributed by atoms with Gasteiger partial charge in [-0.1, -0.05) is 99.7 Å². The zero-order chi connectivity index (χ0) is 34.2. The van der Waals surface area contributed by atoms with Gasteiger partial charge in [0.25, 0.3) is 0 Å². The van der Waals surface area contributed by atoms with Crippen LogP contribution in [0.3, 0.4) is 0 Å². The molecule has 11 heteroatoms. The van der Waals surface area contributed by atoms with Crippen LogP contribution in [-0.2, 0) is 6.18 Å². The summed E-state index contributed by atoms with van der Waals surface area (Å²) in [7, 11) is 0. The van der Waals surface area contributed by atoms with Crippen LogP contribution in [-0.4, -0.2) is 18.3 Å². The van der Waals surface area contributed by atoms with E-state index < -0.39 is 11.7 Å². The van der Waals surface area contributed by atoms with Gasteiger partial charge in [0.05, 0.1) is 31.7 Å². The molecule has 0 aliphatic heterocycles. The van der Waals surface area contributed by atoms with E-state index in [2.05, 4.69) is 36.3 Å². The Morgan fingerprint density at radius 1 is 0.979 bits per heavy atom. The normalized spacial score (nSPS) is 14.8. The van der Waals surface area contributed by atoms with Gasteiger partial charge in [-0.3, -0.25) is 4.72 Å². The highest BCUT2D eigenvalue weighted by Crippen LogP contribution is 2.32. The molecule has 2 aromatic carbocycles. The number of halogens is 5. The van der Waals surface area contributed by atoms with Crippen molar-refractivity contribution in [1.82, 2.24) is 4.72 Å². The number of nitrogens with one attached hydrogen (secondary N) is 1. The van der Waals surface area contributed by atoms with Crippen molar-refractivity contribution in [2.24, 2.45) is 16.5 Å². The van der Waals surface area contributed by atoms with Crippen molar-refractivity contribution in [2.75, 3.05) is 6.54 Å². The van der Waals surface area contributed by atoms with Crippen LogP contribution in [0.5, 0.6) is 0 Å². The van der Waals surface area contributed by atoms with E-state index in [9.17, 15) is 13.2 Å². The predicted octanol–water partition coefficient (Wildman–Crippen LogP) is 10.9. The largest absolute Gasteiger partial charge is 0.416 e. The first-order valence-electron chi connectivity index (χ1n) is 16.0. The molecule has 1 fully saturated rings. The minimum atomic E-state index is -4.39. The zero-order valence-corrected chi connectivity index (χ0v) is 29.8. The maximum atomic E-state index is 12.8. The summed E-state index contributed by atoms with van der Waals surface area (Å²) in [4.78, 5) is 6.35. The molecule has 4 rings (SSSR count). The average Bonchev–Trinajstić information content (AvgIpc) is 3.36. The molecule has 0 bridgehead atoms. The number of hydrogen-bond acceptors (Lipinski definition) is 6. The molecule has 47 heavy (non-hydrogen) atoms. The Morgan fingerprint density at radius 3 is 2.28 bits per heavy atom. The summed E-state index contributed by atoms with van der Waals surface area (Å²) < 4.78 is 41.5. The van der Waals surface area contributed by atoms with Gasteiger partial charge in [-0.25, -0.2) is 4.99 Å². The van der Waals surface area contributed by atoms with Gasteiger partial charge < -0.3 is 11.5 Å². The van der Waals surface area contributed by atoms with Crippen molar-refractivity contribution in [1.29, 1.82) is 0 Å². The van der Waals surface area contributed by atoms with Gasteiger partial charge in [0, 0.05) is 34.4 Å². The van der Waals surface area contributed by atoms with E-state index in [1.807, 2.05) is 12.1 Å². The van der Waals surface area contributed by atoms with Crippen molar-refractivity contribution in [3.05, 3.63) is 96.8 Å². The van der Waals surface area contributed by atoms with Crippen LogP contribution in [0.25, 0.3) is 0 Å². The molecule has 0 unspecified atom stereocenters. The van der Waals surface area contributed by atoms with E-state index >= 15 is 0 Å². The fraction of sp³-hybridized carbons (Fsp3) is 0.417. The number of alkyl halides is 3. The van der Waals surface area contributed by atoms with Gasteiger partial charge in [-0.15, -0.1) is 11.3 Å². The van der Waals surface area contributed by atoms with E-state index in [1.165, 1.54) is 62.0 Å². The summed E-state index contributed by atoms with van der Waals surface area (Å²) in [6.45, 7) is 2.34. The van der Waals surface area contributed by atoms with Gasteiger partial charge in [0.2, 0.25) is 0 Å². The van der Waals surface area contributed by atoms with Crippen LogP contribution in [0.2, 0.25) is 10.0 Å². The maximum absolute atomic E-state index is 12.8. The fourth-order valence-corrected chi connectivity index (χ4v) is 6.64. The van der Waals surface area contributed by atoms with E-state index in [-0.39, 0.29) is 6.54 Å². The van der Waals surface area contributed by atoms with E-state index in [0.717, 1.165) is 48.3 Å². The molecule has 1 heterocycles. The number of nitrogens with zero attached hydrogens (tertiary/aromatic N) is 1. The summed E-state index contributed by atoms with van der Waals surface area (Å²) in [6.07, 6.45) is 8.87. The highest BCUT2D eigenvalue weighted by Gasteiger charge is 2.29. The number of benzene rings is 2. The average molecular weight is 724 g/mol. The Labute approximate surface area is 296 Å². The third kappa shape index (κ3) is 13.2. The molecular formula is C36H43Cl2F3N4S2. The molecule has 0 spiro atoms. The van der Waals surface area contributed by atoms with Gasteiger partial charge in [-0.05, 0) is 80.3 Å². The van der Waals surface area contributed by atoms with Gasteiger partial charge >= 0.3 is 6.18 Å². The second-order valence-corrected chi connectivity index (χ2v) is 13.6. The number of thiol groups is 1. The molecule has 1 aliphatic rings. The van der Waals surface area contributed by atoms with Crippen molar-refractivity contribution >= 4 is 58.8 Å². The molecule has 0 radical (unpaired) electrons. The zero-order valence-electron chi connectivity index (χ0n) is 26.6. The Hall–Kier alpha value is -2.45. The number of rotatable bonds is 10. The summed E-state index contributed by atoms with van der Waals surface area (Å²) in [6, 6.07) is 14.2. The molecule has 1 aromatic heterocycles. The van der Waals surface area contributed by atoms with Crippen molar-refractivity contribution in [2.45, 2.75) is 89.8 Å². The minimum Gasteiger partial charge on any atom is -0.402 e. The topological polar surface area (TPSA) is 76.4 Å². The Morgan fingerprint density at radius 2 is 1.68 bits per heavy atom. The Kier molecular flexibility index (Phi) is 16.7. The number of hydrogen-bond donors (Lipinski definition) is 4. The monoisotopic (exact) mass is 722 g/mol.